The van der Waals surface area contributed by atoms with Crippen molar-refractivity contribution in [2.75, 3.05) is 7.11 Å². The standard InChI is InChI=1S/C9H8ClN3O/c1-14-9-5-13(6-12-9)8-3-2-7(10)4-11-8/h2-6H,1H3. The molecule has 2 aromatic heterocycles. The van der Waals surface area contributed by atoms with Gasteiger partial charge in [0.15, 0.2) is 0 Å². The van der Waals surface area contributed by atoms with Gasteiger partial charge in [-0.15, -0.1) is 0 Å². The summed E-state index contributed by atoms with van der Waals surface area (Å²) in [6.45, 7) is 0. The second-order valence-electron chi connectivity index (χ2n) is 2.66. The highest BCUT2D eigenvalue weighted by Crippen LogP contribution is 2.12. The van der Waals surface area contributed by atoms with Crippen molar-refractivity contribution >= 4 is 11.6 Å². The van der Waals surface area contributed by atoms with Gasteiger partial charge in [0.2, 0.25) is 5.88 Å². The van der Waals surface area contributed by atoms with Crippen LogP contribution in [0.5, 0.6) is 5.88 Å². The zero-order valence-corrected chi connectivity index (χ0v) is 8.27. The summed E-state index contributed by atoms with van der Waals surface area (Å²) in [5.74, 6) is 1.31. The molecule has 0 aromatic carbocycles. The number of hydrogen-bond acceptors (Lipinski definition) is 3. The van der Waals surface area contributed by atoms with Crippen LogP contribution < -0.4 is 4.74 Å². The molecule has 72 valence electrons. The lowest BCUT2D eigenvalue weighted by Crippen LogP contribution is -1.92. The summed E-state index contributed by atoms with van der Waals surface area (Å²) < 4.78 is 6.71. The lowest BCUT2D eigenvalue weighted by Gasteiger charge is -1.99. The monoisotopic (exact) mass is 209 g/mol. The zero-order valence-electron chi connectivity index (χ0n) is 7.51. The molecule has 4 nitrogen and oxygen atoms in total. The average Bonchev–Trinajstić information content (AvgIpc) is 2.67. The number of hydrogen-bond donors (Lipinski definition) is 0. The van der Waals surface area contributed by atoms with Gasteiger partial charge in [0.25, 0.3) is 0 Å². The molecule has 0 bridgehead atoms. The molecule has 0 fully saturated rings. The van der Waals surface area contributed by atoms with E-state index in [9.17, 15) is 0 Å². The third-order valence-corrected chi connectivity index (χ3v) is 1.97. The second-order valence-corrected chi connectivity index (χ2v) is 3.09. The van der Waals surface area contributed by atoms with Crippen LogP contribution in [0.3, 0.4) is 0 Å². The number of imidazole rings is 1. The van der Waals surface area contributed by atoms with Crippen molar-refractivity contribution in [1.82, 2.24) is 14.5 Å². The van der Waals surface area contributed by atoms with Crippen LogP contribution in [0.4, 0.5) is 0 Å². The topological polar surface area (TPSA) is 39.9 Å². The fraction of sp³-hybridized carbons (Fsp3) is 0.111. The molecule has 5 heteroatoms. The minimum Gasteiger partial charge on any atom is -0.480 e. The maximum atomic E-state index is 5.72. The summed E-state index contributed by atoms with van der Waals surface area (Å²) in [6, 6.07) is 3.58. The predicted molar refractivity (Wildman–Crippen MR) is 52.9 cm³/mol. The van der Waals surface area contributed by atoms with Crippen LogP contribution >= 0.6 is 11.6 Å². The highest BCUT2D eigenvalue weighted by molar-refractivity contribution is 6.30. The first-order valence-electron chi connectivity index (χ1n) is 3.99. The Kier molecular flexibility index (Phi) is 2.37. The van der Waals surface area contributed by atoms with Gasteiger partial charge in [-0.25, -0.2) is 9.97 Å². The first kappa shape index (κ1) is 9.02. The van der Waals surface area contributed by atoms with Gasteiger partial charge in [-0.3, -0.25) is 4.57 Å². The highest BCUT2D eigenvalue weighted by Gasteiger charge is 2.00. The normalized spacial score (nSPS) is 10.1. The molecular formula is C9H8ClN3O. The first-order valence-corrected chi connectivity index (χ1v) is 4.37. The maximum Gasteiger partial charge on any atom is 0.231 e. The summed E-state index contributed by atoms with van der Waals surface area (Å²) in [5.41, 5.74) is 0. The van der Waals surface area contributed by atoms with E-state index in [1.807, 2.05) is 6.07 Å². The van der Waals surface area contributed by atoms with E-state index in [1.54, 1.807) is 36.5 Å². The van der Waals surface area contributed by atoms with Gasteiger partial charge in [0.05, 0.1) is 18.3 Å². The molecule has 2 heterocycles. The molecule has 14 heavy (non-hydrogen) atoms. The third-order valence-electron chi connectivity index (χ3n) is 1.74. The van der Waals surface area contributed by atoms with E-state index < -0.39 is 0 Å². The molecule has 2 aromatic rings. The summed E-state index contributed by atoms with van der Waals surface area (Å²) >= 11 is 5.72. The summed E-state index contributed by atoms with van der Waals surface area (Å²) in [6.07, 6.45) is 4.97. The number of rotatable bonds is 2. The Hall–Kier alpha value is -1.55. The Morgan fingerprint density at radius 2 is 2.21 bits per heavy atom. The minimum absolute atomic E-state index is 0.557. The van der Waals surface area contributed by atoms with E-state index in [1.165, 1.54) is 0 Å². The zero-order chi connectivity index (χ0) is 9.97. The lowest BCUT2D eigenvalue weighted by molar-refractivity contribution is 0.400. The summed E-state index contributed by atoms with van der Waals surface area (Å²) in [5, 5.41) is 0.612. The number of halogens is 1. The quantitative estimate of drug-likeness (QED) is 0.759. The number of aromatic nitrogens is 3. The largest absolute Gasteiger partial charge is 0.480 e. The molecule has 0 atom stereocenters. The molecular weight excluding hydrogens is 202 g/mol. The minimum atomic E-state index is 0.557. The Morgan fingerprint density at radius 3 is 2.79 bits per heavy atom. The SMILES string of the molecule is COc1cn(-c2ccc(Cl)cn2)cn1. The second kappa shape index (κ2) is 3.67. The van der Waals surface area contributed by atoms with Crippen molar-refractivity contribution in [2.45, 2.75) is 0 Å². The van der Waals surface area contributed by atoms with Crippen LogP contribution in [0, 0.1) is 0 Å². The molecule has 0 aliphatic heterocycles. The number of methoxy groups -OCH3 is 1. The van der Waals surface area contributed by atoms with E-state index in [2.05, 4.69) is 9.97 Å². The van der Waals surface area contributed by atoms with Crippen LogP contribution in [0.1, 0.15) is 0 Å². The molecule has 0 saturated heterocycles. The predicted octanol–water partition coefficient (Wildman–Crippen LogP) is 1.93. The van der Waals surface area contributed by atoms with Crippen LogP contribution in [-0.2, 0) is 0 Å². The summed E-state index contributed by atoms with van der Waals surface area (Å²) in [4.78, 5) is 8.13. The Bertz CT molecular complexity index is 424. The maximum absolute atomic E-state index is 5.72. The van der Waals surface area contributed by atoms with Gasteiger partial charge >= 0.3 is 0 Å². The third kappa shape index (κ3) is 1.70. The number of pyridine rings is 1. The fourth-order valence-corrected chi connectivity index (χ4v) is 1.17. The van der Waals surface area contributed by atoms with E-state index in [4.69, 9.17) is 16.3 Å². The van der Waals surface area contributed by atoms with Crippen molar-refractivity contribution in [2.24, 2.45) is 0 Å². The highest BCUT2D eigenvalue weighted by atomic mass is 35.5. The molecule has 0 spiro atoms. The molecule has 0 aliphatic rings. The van der Waals surface area contributed by atoms with Gasteiger partial charge in [-0.1, -0.05) is 11.6 Å². The smallest absolute Gasteiger partial charge is 0.231 e. The molecule has 0 N–H and O–H groups in total. The molecule has 0 saturated carbocycles. The molecule has 0 aliphatic carbocycles. The Balaban J connectivity index is 2.34. The Morgan fingerprint density at radius 1 is 1.36 bits per heavy atom. The van der Waals surface area contributed by atoms with E-state index in [-0.39, 0.29) is 0 Å². The van der Waals surface area contributed by atoms with Crippen molar-refractivity contribution in [3.63, 3.8) is 0 Å². The lowest BCUT2D eigenvalue weighted by atomic mass is 10.4. The van der Waals surface area contributed by atoms with Gasteiger partial charge in [-0.05, 0) is 12.1 Å². The number of ether oxygens (including phenoxy) is 1. The molecule has 0 amide bonds. The first-order chi connectivity index (χ1) is 6.79. The van der Waals surface area contributed by atoms with Crippen LogP contribution in [0.15, 0.2) is 30.9 Å². The van der Waals surface area contributed by atoms with Gasteiger partial charge in [0.1, 0.15) is 12.1 Å². The average molecular weight is 210 g/mol. The van der Waals surface area contributed by atoms with E-state index in [0.717, 1.165) is 5.82 Å². The van der Waals surface area contributed by atoms with Crippen molar-refractivity contribution < 1.29 is 4.74 Å². The van der Waals surface area contributed by atoms with E-state index in [0.29, 0.717) is 10.9 Å². The molecule has 2 rings (SSSR count). The molecule has 0 unspecified atom stereocenters. The summed E-state index contributed by atoms with van der Waals surface area (Å²) in [7, 11) is 1.57. The van der Waals surface area contributed by atoms with Crippen molar-refractivity contribution in [1.29, 1.82) is 0 Å². The number of nitrogens with zero attached hydrogens (tertiary/aromatic N) is 3. The van der Waals surface area contributed by atoms with Gasteiger partial charge in [0, 0.05) is 6.20 Å². The van der Waals surface area contributed by atoms with Gasteiger partial charge in [-0.2, -0.15) is 0 Å². The molecule has 0 radical (unpaired) electrons. The van der Waals surface area contributed by atoms with Gasteiger partial charge < -0.3 is 4.74 Å². The Labute approximate surface area is 86.1 Å². The van der Waals surface area contributed by atoms with Crippen molar-refractivity contribution in [3.8, 4) is 11.7 Å². The van der Waals surface area contributed by atoms with Crippen LogP contribution in [0.2, 0.25) is 5.02 Å². The van der Waals surface area contributed by atoms with Crippen LogP contribution in [-0.4, -0.2) is 21.6 Å². The fourth-order valence-electron chi connectivity index (χ4n) is 1.06. The van der Waals surface area contributed by atoms with Crippen molar-refractivity contribution in [3.05, 3.63) is 35.9 Å². The van der Waals surface area contributed by atoms with Crippen LogP contribution in [0.25, 0.3) is 5.82 Å². The van der Waals surface area contributed by atoms with E-state index >= 15 is 0 Å².